The van der Waals surface area contributed by atoms with Crippen molar-refractivity contribution in [2.24, 2.45) is 5.92 Å². The minimum atomic E-state index is -3.35. The predicted molar refractivity (Wildman–Crippen MR) is 96.6 cm³/mol. The van der Waals surface area contributed by atoms with Crippen molar-refractivity contribution in [3.8, 4) is 0 Å². The van der Waals surface area contributed by atoms with Gasteiger partial charge in [-0.05, 0) is 44.6 Å². The summed E-state index contributed by atoms with van der Waals surface area (Å²) < 4.78 is 24.3. The van der Waals surface area contributed by atoms with Gasteiger partial charge in [-0.1, -0.05) is 0 Å². The fourth-order valence-corrected chi connectivity index (χ4v) is 4.63. The average molecular weight is 369 g/mol. The maximum absolute atomic E-state index is 12.2. The van der Waals surface area contributed by atoms with Crippen LogP contribution in [-0.4, -0.2) is 62.5 Å². The standard InChI is InChI=1S/C17H28N4O3S/c1-25(23,24)15-12-19-17(20-16(15)14-3-2-7-18-11-14)21-8-4-13(5-9-21)6-10-22/h12-14,18,22H,2-11H2,1H3/t14-/m0/s1. The van der Waals surface area contributed by atoms with Gasteiger partial charge in [-0.15, -0.1) is 0 Å². The number of aliphatic hydroxyl groups is 1. The summed E-state index contributed by atoms with van der Waals surface area (Å²) >= 11 is 0. The molecule has 3 heterocycles. The first-order valence-corrected chi connectivity index (χ1v) is 11.0. The van der Waals surface area contributed by atoms with Gasteiger partial charge in [0, 0.05) is 38.4 Å². The Morgan fingerprint density at radius 2 is 2.08 bits per heavy atom. The van der Waals surface area contributed by atoms with Crippen LogP contribution in [0.5, 0.6) is 0 Å². The van der Waals surface area contributed by atoms with Crippen LogP contribution in [0.1, 0.15) is 43.7 Å². The van der Waals surface area contributed by atoms with Crippen molar-refractivity contribution >= 4 is 15.8 Å². The van der Waals surface area contributed by atoms with E-state index in [1.165, 1.54) is 12.5 Å². The smallest absolute Gasteiger partial charge is 0.225 e. The summed E-state index contributed by atoms with van der Waals surface area (Å²) in [6, 6.07) is 0. The fraction of sp³-hybridized carbons (Fsp3) is 0.765. The fourth-order valence-electron chi connectivity index (χ4n) is 3.79. The second kappa shape index (κ2) is 7.97. The molecule has 7 nitrogen and oxygen atoms in total. The average Bonchev–Trinajstić information content (AvgIpc) is 2.62. The van der Waals surface area contributed by atoms with E-state index in [4.69, 9.17) is 10.1 Å². The first-order chi connectivity index (χ1) is 12.0. The van der Waals surface area contributed by atoms with Gasteiger partial charge in [0.2, 0.25) is 5.95 Å². The van der Waals surface area contributed by atoms with Gasteiger partial charge in [-0.25, -0.2) is 18.4 Å². The normalized spacial score (nSPS) is 23.0. The third-order valence-electron chi connectivity index (χ3n) is 5.29. The molecule has 0 aromatic carbocycles. The number of hydrogen-bond donors (Lipinski definition) is 2. The molecule has 1 atom stereocenters. The highest BCUT2D eigenvalue weighted by Crippen LogP contribution is 2.30. The molecular weight excluding hydrogens is 340 g/mol. The van der Waals surface area contributed by atoms with Crippen LogP contribution in [-0.2, 0) is 9.84 Å². The molecule has 140 valence electrons. The molecule has 0 aliphatic carbocycles. The third kappa shape index (κ3) is 4.48. The van der Waals surface area contributed by atoms with Crippen LogP contribution in [0.15, 0.2) is 11.1 Å². The largest absolute Gasteiger partial charge is 0.396 e. The number of sulfone groups is 1. The molecule has 0 bridgehead atoms. The number of hydrogen-bond acceptors (Lipinski definition) is 7. The molecule has 1 aromatic rings. The van der Waals surface area contributed by atoms with E-state index >= 15 is 0 Å². The van der Waals surface area contributed by atoms with Crippen LogP contribution < -0.4 is 10.2 Å². The van der Waals surface area contributed by atoms with Crippen molar-refractivity contribution in [2.75, 3.05) is 43.9 Å². The summed E-state index contributed by atoms with van der Waals surface area (Å²) in [5, 5.41) is 12.4. The molecule has 0 unspecified atom stereocenters. The molecule has 0 saturated carbocycles. The Labute approximate surface area is 149 Å². The second-order valence-electron chi connectivity index (χ2n) is 7.18. The molecule has 2 saturated heterocycles. The molecule has 0 amide bonds. The summed E-state index contributed by atoms with van der Waals surface area (Å²) in [5.74, 6) is 1.31. The van der Waals surface area contributed by atoms with Crippen molar-refractivity contribution < 1.29 is 13.5 Å². The van der Waals surface area contributed by atoms with Crippen molar-refractivity contribution in [3.05, 3.63) is 11.9 Å². The molecule has 3 rings (SSSR count). The molecule has 2 aliphatic heterocycles. The summed E-state index contributed by atoms with van der Waals surface area (Å²) in [6.45, 7) is 3.68. The zero-order valence-electron chi connectivity index (χ0n) is 14.8. The van der Waals surface area contributed by atoms with E-state index in [2.05, 4.69) is 15.2 Å². The number of anilines is 1. The second-order valence-corrected chi connectivity index (χ2v) is 9.16. The number of aliphatic hydroxyl groups excluding tert-OH is 1. The van der Waals surface area contributed by atoms with Crippen LogP contribution >= 0.6 is 0 Å². The van der Waals surface area contributed by atoms with E-state index in [9.17, 15) is 8.42 Å². The number of piperidine rings is 2. The highest BCUT2D eigenvalue weighted by atomic mass is 32.2. The Morgan fingerprint density at radius 1 is 1.32 bits per heavy atom. The van der Waals surface area contributed by atoms with Crippen LogP contribution in [0.4, 0.5) is 5.95 Å². The zero-order chi connectivity index (χ0) is 17.9. The van der Waals surface area contributed by atoms with Crippen molar-refractivity contribution in [1.29, 1.82) is 0 Å². The lowest BCUT2D eigenvalue weighted by Crippen LogP contribution is -2.36. The third-order valence-corrected chi connectivity index (χ3v) is 6.40. The van der Waals surface area contributed by atoms with E-state index in [0.717, 1.165) is 58.3 Å². The van der Waals surface area contributed by atoms with Gasteiger partial charge >= 0.3 is 0 Å². The maximum atomic E-state index is 12.2. The first-order valence-electron chi connectivity index (χ1n) is 9.12. The van der Waals surface area contributed by atoms with Gasteiger partial charge in [0.05, 0.1) is 11.9 Å². The van der Waals surface area contributed by atoms with Gasteiger partial charge < -0.3 is 15.3 Å². The Balaban J connectivity index is 1.84. The van der Waals surface area contributed by atoms with Gasteiger partial charge in [-0.3, -0.25) is 0 Å². The molecular formula is C17H28N4O3S. The maximum Gasteiger partial charge on any atom is 0.225 e. The Kier molecular flexibility index (Phi) is 5.91. The van der Waals surface area contributed by atoms with E-state index in [1.54, 1.807) is 0 Å². The molecule has 1 aromatic heterocycles. The van der Waals surface area contributed by atoms with Crippen molar-refractivity contribution in [1.82, 2.24) is 15.3 Å². The summed E-state index contributed by atoms with van der Waals surface area (Å²) in [4.78, 5) is 11.5. The molecule has 8 heteroatoms. The quantitative estimate of drug-likeness (QED) is 0.799. The van der Waals surface area contributed by atoms with E-state index in [-0.39, 0.29) is 17.4 Å². The molecule has 25 heavy (non-hydrogen) atoms. The van der Waals surface area contributed by atoms with Crippen LogP contribution in [0.25, 0.3) is 0 Å². The molecule has 2 aliphatic rings. The van der Waals surface area contributed by atoms with E-state index in [1.807, 2.05) is 0 Å². The number of nitrogens with one attached hydrogen (secondary N) is 1. The predicted octanol–water partition coefficient (Wildman–Crippen LogP) is 0.946. The first kappa shape index (κ1) is 18.5. The van der Waals surface area contributed by atoms with Gasteiger partial charge in [-0.2, -0.15) is 0 Å². The topological polar surface area (TPSA) is 95.4 Å². The summed E-state index contributed by atoms with van der Waals surface area (Å²) in [7, 11) is -3.35. The van der Waals surface area contributed by atoms with Crippen LogP contribution in [0, 0.1) is 5.92 Å². The lowest BCUT2D eigenvalue weighted by molar-refractivity contribution is 0.240. The number of aromatic nitrogens is 2. The summed E-state index contributed by atoms with van der Waals surface area (Å²) in [6.07, 6.45) is 7.56. The van der Waals surface area contributed by atoms with Crippen molar-refractivity contribution in [3.63, 3.8) is 0 Å². The lowest BCUT2D eigenvalue weighted by Gasteiger charge is -2.32. The summed E-state index contributed by atoms with van der Waals surface area (Å²) in [5.41, 5.74) is 0.664. The zero-order valence-corrected chi connectivity index (χ0v) is 15.6. The highest BCUT2D eigenvalue weighted by Gasteiger charge is 2.27. The SMILES string of the molecule is CS(=O)(=O)c1cnc(N2CCC(CCO)CC2)nc1[C@H]1CCCNC1. The number of nitrogens with zero attached hydrogens (tertiary/aromatic N) is 3. The highest BCUT2D eigenvalue weighted by molar-refractivity contribution is 7.90. The molecule has 2 N–H and O–H groups in total. The molecule has 0 radical (unpaired) electrons. The Morgan fingerprint density at radius 3 is 2.68 bits per heavy atom. The Bertz CT molecular complexity index is 681. The van der Waals surface area contributed by atoms with E-state index in [0.29, 0.717) is 17.6 Å². The monoisotopic (exact) mass is 368 g/mol. The molecule has 2 fully saturated rings. The molecule has 0 spiro atoms. The lowest BCUT2D eigenvalue weighted by atomic mass is 9.94. The van der Waals surface area contributed by atoms with Crippen LogP contribution in [0.3, 0.4) is 0 Å². The van der Waals surface area contributed by atoms with E-state index < -0.39 is 9.84 Å². The van der Waals surface area contributed by atoms with Crippen LogP contribution in [0.2, 0.25) is 0 Å². The van der Waals surface area contributed by atoms with Gasteiger partial charge in [0.25, 0.3) is 0 Å². The van der Waals surface area contributed by atoms with Gasteiger partial charge in [0.1, 0.15) is 4.90 Å². The minimum absolute atomic E-state index is 0.118. The van der Waals surface area contributed by atoms with Gasteiger partial charge in [0.15, 0.2) is 9.84 Å². The Hall–Kier alpha value is -1.25. The number of rotatable bonds is 5. The minimum Gasteiger partial charge on any atom is -0.396 e. The van der Waals surface area contributed by atoms with Crippen molar-refractivity contribution in [2.45, 2.75) is 42.9 Å².